The normalized spacial score (nSPS) is 19.1. The molecule has 0 spiro atoms. The van der Waals surface area contributed by atoms with Crippen molar-refractivity contribution in [3.63, 3.8) is 0 Å². The maximum Gasteiger partial charge on any atom is 0.241 e. The van der Waals surface area contributed by atoms with Gasteiger partial charge in [0.2, 0.25) is 5.91 Å². The van der Waals surface area contributed by atoms with E-state index in [-0.39, 0.29) is 5.91 Å². The fourth-order valence-corrected chi connectivity index (χ4v) is 2.47. The van der Waals surface area contributed by atoms with Crippen LogP contribution in [0.4, 0.5) is 5.13 Å². The summed E-state index contributed by atoms with van der Waals surface area (Å²) >= 11 is 1.47. The number of hydrogen-bond donors (Lipinski definition) is 1. The molecule has 6 heteroatoms. The fourth-order valence-electron chi connectivity index (χ4n) is 1.54. The van der Waals surface area contributed by atoms with E-state index in [0.717, 1.165) is 18.2 Å². The maximum atomic E-state index is 11.5. The number of piperazine rings is 1. The highest BCUT2D eigenvalue weighted by Gasteiger charge is 2.23. The lowest BCUT2D eigenvalue weighted by Gasteiger charge is -2.31. The first kappa shape index (κ1) is 11.3. The van der Waals surface area contributed by atoms with E-state index < -0.39 is 6.10 Å². The van der Waals surface area contributed by atoms with Crippen LogP contribution in [-0.4, -0.2) is 47.6 Å². The van der Waals surface area contributed by atoms with E-state index >= 15 is 0 Å². The van der Waals surface area contributed by atoms with Crippen LogP contribution >= 0.6 is 11.3 Å². The average molecular weight is 241 g/mol. The second-order valence-corrected chi connectivity index (χ2v) is 4.80. The molecule has 0 aliphatic carbocycles. The van der Waals surface area contributed by atoms with Crippen molar-refractivity contribution < 1.29 is 9.90 Å². The van der Waals surface area contributed by atoms with E-state index in [0.29, 0.717) is 12.2 Å². The molecule has 1 fully saturated rings. The minimum Gasteiger partial charge on any atom is -0.387 e. The molecule has 0 aromatic carbocycles. The zero-order chi connectivity index (χ0) is 11.7. The highest BCUT2D eigenvalue weighted by atomic mass is 32.1. The number of anilines is 1. The van der Waals surface area contributed by atoms with Crippen LogP contribution < -0.4 is 4.90 Å². The molecule has 1 saturated heterocycles. The van der Waals surface area contributed by atoms with Gasteiger partial charge in [0.15, 0.2) is 5.13 Å². The third-order valence-corrected chi connectivity index (χ3v) is 3.59. The van der Waals surface area contributed by atoms with Gasteiger partial charge in [-0.05, 0) is 6.92 Å². The number of likely N-dealkylation sites (N-methyl/N-ethyl adjacent to an activating group) is 1. The second kappa shape index (κ2) is 4.39. The SMILES string of the molecule is CC(O)c1csc(N2CCN(C)C(=O)C2)n1. The number of nitrogens with zero attached hydrogens (tertiary/aromatic N) is 3. The van der Waals surface area contributed by atoms with E-state index in [1.807, 2.05) is 17.3 Å². The van der Waals surface area contributed by atoms with Gasteiger partial charge in [-0.15, -0.1) is 11.3 Å². The lowest BCUT2D eigenvalue weighted by Crippen LogP contribution is -2.48. The second-order valence-electron chi connectivity index (χ2n) is 3.97. The zero-order valence-corrected chi connectivity index (χ0v) is 10.2. The number of amides is 1. The van der Waals surface area contributed by atoms with Crippen molar-refractivity contribution in [2.75, 3.05) is 31.6 Å². The average Bonchev–Trinajstić information content (AvgIpc) is 2.71. The van der Waals surface area contributed by atoms with Crippen molar-refractivity contribution in [2.24, 2.45) is 0 Å². The van der Waals surface area contributed by atoms with Gasteiger partial charge in [-0.2, -0.15) is 0 Å². The summed E-state index contributed by atoms with van der Waals surface area (Å²) in [7, 11) is 1.81. The Kier molecular flexibility index (Phi) is 3.11. The molecule has 0 bridgehead atoms. The summed E-state index contributed by atoms with van der Waals surface area (Å²) in [6.07, 6.45) is -0.548. The van der Waals surface area contributed by atoms with Crippen molar-refractivity contribution >= 4 is 22.4 Å². The van der Waals surface area contributed by atoms with Crippen LogP contribution in [0.3, 0.4) is 0 Å². The van der Waals surface area contributed by atoms with Crippen LogP contribution in [-0.2, 0) is 4.79 Å². The molecule has 1 unspecified atom stereocenters. The predicted molar refractivity (Wildman–Crippen MR) is 62.6 cm³/mol. The lowest BCUT2D eigenvalue weighted by molar-refractivity contribution is -0.129. The standard InChI is InChI=1S/C10H15N3O2S/c1-7(14)8-6-16-10(11-8)13-4-3-12(2)9(15)5-13/h6-7,14H,3-5H2,1-2H3. The molecule has 1 aliphatic heterocycles. The highest BCUT2D eigenvalue weighted by molar-refractivity contribution is 7.13. The minimum atomic E-state index is -0.548. The van der Waals surface area contributed by atoms with Crippen LogP contribution in [0.2, 0.25) is 0 Å². The van der Waals surface area contributed by atoms with Crippen molar-refractivity contribution in [3.05, 3.63) is 11.1 Å². The number of carbonyl (C=O) groups is 1. The summed E-state index contributed by atoms with van der Waals surface area (Å²) in [6.45, 7) is 3.59. The number of aliphatic hydroxyl groups is 1. The summed E-state index contributed by atoms with van der Waals surface area (Å²) in [4.78, 5) is 19.5. The Morgan fingerprint density at radius 2 is 2.31 bits per heavy atom. The van der Waals surface area contributed by atoms with Gasteiger partial charge < -0.3 is 14.9 Å². The summed E-state index contributed by atoms with van der Waals surface area (Å²) in [6, 6.07) is 0. The first-order valence-electron chi connectivity index (χ1n) is 5.20. The largest absolute Gasteiger partial charge is 0.387 e. The Morgan fingerprint density at radius 1 is 1.56 bits per heavy atom. The smallest absolute Gasteiger partial charge is 0.241 e. The molecular weight excluding hydrogens is 226 g/mol. The van der Waals surface area contributed by atoms with Gasteiger partial charge in [-0.25, -0.2) is 4.98 Å². The van der Waals surface area contributed by atoms with Crippen LogP contribution in [0.1, 0.15) is 18.7 Å². The third kappa shape index (κ3) is 2.17. The summed E-state index contributed by atoms with van der Waals surface area (Å²) in [5.74, 6) is 0.111. The van der Waals surface area contributed by atoms with Crippen LogP contribution in [0, 0.1) is 0 Å². The maximum absolute atomic E-state index is 11.5. The molecule has 2 heterocycles. The predicted octanol–water partition coefficient (Wildman–Crippen LogP) is 0.475. The first-order chi connectivity index (χ1) is 7.58. The number of aliphatic hydroxyl groups excluding tert-OH is 1. The van der Waals surface area contributed by atoms with Crippen molar-refractivity contribution in [3.8, 4) is 0 Å². The summed E-state index contributed by atoms with van der Waals surface area (Å²) in [5.41, 5.74) is 0.673. The Morgan fingerprint density at radius 3 is 2.88 bits per heavy atom. The molecule has 88 valence electrons. The van der Waals surface area contributed by atoms with E-state index in [9.17, 15) is 9.90 Å². The fraction of sp³-hybridized carbons (Fsp3) is 0.600. The molecule has 2 rings (SSSR count). The Labute approximate surface area is 98.3 Å². The number of hydrogen-bond acceptors (Lipinski definition) is 5. The molecule has 1 aromatic rings. The van der Waals surface area contributed by atoms with Gasteiger partial charge in [0.1, 0.15) is 0 Å². The van der Waals surface area contributed by atoms with Gasteiger partial charge in [0.25, 0.3) is 0 Å². The van der Waals surface area contributed by atoms with E-state index in [1.165, 1.54) is 11.3 Å². The molecule has 1 N–H and O–H groups in total. The number of carbonyl (C=O) groups excluding carboxylic acids is 1. The molecule has 1 aliphatic rings. The monoisotopic (exact) mass is 241 g/mol. The van der Waals surface area contributed by atoms with Crippen LogP contribution in [0.25, 0.3) is 0 Å². The minimum absolute atomic E-state index is 0.111. The molecule has 1 atom stereocenters. The number of rotatable bonds is 2. The molecule has 1 aromatic heterocycles. The Hall–Kier alpha value is -1.14. The zero-order valence-electron chi connectivity index (χ0n) is 9.38. The van der Waals surface area contributed by atoms with Gasteiger partial charge in [-0.1, -0.05) is 0 Å². The van der Waals surface area contributed by atoms with E-state index in [2.05, 4.69) is 4.98 Å². The molecule has 0 saturated carbocycles. The van der Waals surface area contributed by atoms with Crippen molar-refractivity contribution in [2.45, 2.75) is 13.0 Å². The molecule has 16 heavy (non-hydrogen) atoms. The summed E-state index contributed by atoms with van der Waals surface area (Å²) in [5, 5.41) is 12.0. The summed E-state index contributed by atoms with van der Waals surface area (Å²) < 4.78 is 0. The molecule has 0 radical (unpaired) electrons. The first-order valence-corrected chi connectivity index (χ1v) is 6.08. The van der Waals surface area contributed by atoms with Crippen molar-refractivity contribution in [1.82, 2.24) is 9.88 Å². The quantitative estimate of drug-likeness (QED) is 0.818. The molecule has 5 nitrogen and oxygen atoms in total. The Bertz CT molecular complexity index is 391. The number of aromatic nitrogens is 1. The molecule has 1 amide bonds. The van der Waals surface area contributed by atoms with Gasteiger partial charge in [0.05, 0.1) is 18.3 Å². The van der Waals surface area contributed by atoms with Gasteiger partial charge in [-0.3, -0.25) is 4.79 Å². The van der Waals surface area contributed by atoms with E-state index in [4.69, 9.17) is 0 Å². The van der Waals surface area contributed by atoms with Gasteiger partial charge in [0, 0.05) is 25.5 Å². The lowest BCUT2D eigenvalue weighted by atomic mass is 10.3. The molecular formula is C10H15N3O2S. The third-order valence-electron chi connectivity index (χ3n) is 2.67. The van der Waals surface area contributed by atoms with Crippen LogP contribution in [0.5, 0.6) is 0 Å². The van der Waals surface area contributed by atoms with Gasteiger partial charge >= 0.3 is 0 Å². The van der Waals surface area contributed by atoms with Crippen LogP contribution in [0.15, 0.2) is 5.38 Å². The van der Waals surface area contributed by atoms with Crippen molar-refractivity contribution in [1.29, 1.82) is 0 Å². The van der Waals surface area contributed by atoms with E-state index in [1.54, 1.807) is 11.8 Å². The Balaban J connectivity index is 2.09. The number of thiazole rings is 1. The topological polar surface area (TPSA) is 56.7 Å². The highest BCUT2D eigenvalue weighted by Crippen LogP contribution is 2.24.